The maximum atomic E-state index is 13.5. The summed E-state index contributed by atoms with van der Waals surface area (Å²) in [5.74, 6) is -0.331. The number of morpholine rings is 1. The molecule has 6 heteroatoms. The Morgan fingerprint density at radius 2 is 1.80 bits per heavy atom. The molecule has 2 heterocycles. The molecule has 2 aliphatic rings. The summed E-state index contributed by atoms with van der Waals surface area (Å²) in [7, 11) is 0. The zero-order chi connectivity index (χ0) is 21.0. The molecule has 0 aromatic heterocycles. The van der Waals surface area contributed by atoms with Crippen molar-refractivity contribution >= 4 is 17.5 Å². The van der Waals surface area contributed by atoms with Crippen LogP contribution in [-0.2, 0) is 20.7 Å². The molecule has 2 aromatic carbocycles. The molecule has 2 aromatic rings. The van der Waals surface area contributed by atoms with Crippen LogP contribution in [0.15, 0.2) is 54.6 Å². The van der Waals surface area contributed by atoms with Gasteiger partial charge in [-0.2, -0.15) is 0 Å². The molecule has 1 spiro atoms. The highest BCUT2D eigenvalue weighted by Crippen LogP contribution is 2.32. The fourth-order valence-corrected chi connectivity index (χ4v) is 4.33. The van der Waals surface area contributed by atoms with Crippen LogP contribution in [0.1, 0.15) is 31.2 Å². The number of rotatable bonds is 4. The molecular weight excluding hydrogens is 383 g/mol. The number of nitrogens with zero attached hydrogens (tertiary/aromatic N) is 2. The Hall–Kier alpha value is -2.73. The molecule has 4 rings (SSSR count). The van der Waals surface area contributed by atoms with Gasteiger partial charge in [-0.3, -0.25) is 9.59 Å². The summed E-state index contributed by atoms with van der Waals surface area (Å²) in [5.41, 5.74) is 0.816. The molecule has 0 saturated carbocycles. The Kier molecular flexibility index (Phi) is 6.13. The van der Waals surface area contributed by atoms with Gasteiger partial charge in [0.05, 0.1) is 13.2 Å². The van der Waals surface area contributed by atoms with E-state index in [2.05, 4.69) is 0 Å². The lowest BCUT2D eigenvalue weighted by molar-refractivity contribution is -0.164. The second-order valence-electron chi connectivity index (χ2n) is 8.03. The van der Waals surface area contributed by atoms with Gasteiger partial charge in [-0.1, -0.05) is 30.3 Å². The maximum Gasteiger partial charge on any atom is 0.261 e. The number of halogens is 1. The van der Waals surface area contributed by atoms with Gasteiger partial charge in [-0.25, -0.2) is 4.39 Å². The average Bonchev–Trinajstić information content (AvgIpc) is 2.93. The number of para-hydroxylation sites is 1. The van der Waals surface area contributed by atoms with Crippen molar-refractivity contribution in [1.29, 1.82) is 0 Å². The molecule has 1 atom stereocenters. The topological polar surface area (TPSA) is 49.9 Å². The fraction of sp³-hybridized carbons (Fsp3) is 0.417. The summed E-state index contributed by atoms with van der Waals surface area (Å²) in [4.78, 5) is 30.0. The number of hydrogen-bond donors (Lipinski definition) is 0. The standard InChI is InChI=1S/C24H27FN2O3/c25-20-11-8-19(9-12-20)10-13-22(28)26-16-17-30-24(18-26)14-4-5-15-27(23(24)29)21-6-2-1-3-7-21/h1-3,6-9,11-12H,4-5,10,13-18H2. The van der Waals surface area contributed by atoms with E-state index in [0.717, 1.165) is 24.1 Å². The van der Waals surface area contributed by atoms with Gasteiger partial charge in [0.2, 0.25) is 5.91 Å². The van der Waals surface area contributed by atoms with Gasteiger partial charge < -0.3 is 14.5 Å². The summed E-state index contributed by atoms with van der Waals surface area (Å²) in [5, 5.41) is 0. The summed E-state index contributed by atoms with van der Waals surface area (Å²) in [6.45, 7) is 1.79. The van der Waals surface area contributed by atoms with Gasteiger partial charge in [0.1, 0.15) is 5.82 Å². The Balaban J connectivity index is 1.46. The lowest BCUT2D eigenvalue weighted by Gasteiger charge is -2.42. The van der Waals surface area contributed by atoms with Crippen molar-refractivity contribution in [1.82, 2.24) is 4.90 Å². The molecule has 158 valence electrons. The molecule has 0 aliphatic carbocycles. The number of hydrogen-bond acceptors (Lipinski definition) is 3. The number of benzene rings is 2. The molecule has 0 bridgehead atoms. The van der Waals surface area contributed by atoms with Crippen molar-refractivity contribution in [2.45, 2.75) is 37.7 Å². The van der Waals surface area contributed by atoms with E-state index >= 15 is 0 Å². The average molecular weight is 410 g/mol. The van der Waals surface area contributed by atoms with E-state index in [4.69, 9.17) is 4.74 Å². The largest absolute Gasteiger partial charge is 0.361 e. The number of ether oxygens (including phenoxy) is 1. The van der Waals surface area contributed by atoms with Gasteiger partial charge in [0.15, 0.2) is 5.60 Å². The molecule has 0 radical (unpaired) electrons. The quantitative estimate of drug-likeness (QED) is 0.774. The van der Waals surface area contributed by atoms with Gasteiger partial charge in [-0.05, 0) is 55.5 Å². The highest BCUT2D eigenvalue weighted by molar-refractivity contribution is 6.00. The van der Waals surface area contributed by atoms with Crippen molar-refractivity contribution in [3.63, 3.8) is 0 Å². The Morgan fingerprint density at radius 1 is 1.03 bits per heavy atom. The number of aryl methyl sites for hydroxylation is 1. The fourth-order valence-electron chi connectivity index (χ4n) is 4.33. The van der Waals surface area contributed by atoms with E-state index in [-0.39, 0.29) is 24.2 Å². The predicted octanol–water partition coefficient (Wildman–Crippen LogP) is 3.57. The Morgan fingerprint density at radius 3 is 2.57 bits per heavy atom. The number of carbonyl (C=O) groups excluding carboxylic acids is 2. The second-order valence-corrected chi connectivity index (χ2v) is 8.03. The predicted molar refractivity (Wildman–Crippen MR) is 113 cm³/mol. The van der Waals surface area contributed by atoms with Crippen LogP contribution in [0.2, 0.25) is 0 Å². The summed E-state index contributed by atoms with van der Waals surface area (Å²) in [6.07, 6.45) is 3.29. The van der Waals surface area contributed by atoms with Gasteiger partial charge >= 0.3 is 0 Å². The van der Waals surface area contributed by atoms with Crippen molar-refractivity contribution < 1.29 is 18.7 Å². The zero-order valence-electron chi connectivity index (χ0n) is 17.1. The highest BCUT2D eigenvalue weighted by atomic mass is 19.1. The van der Waals surface area contributed by atoms with Crippen LogP contribution < -0.4 is 4.90 Å². The van der Waals surface area contributed by atoms with Crippen molar-refractivity contribution in [2.75, 3.05) is 31.1 Å². The molecular formula is C24H27FN2O3. The lowest BCUT2D eigenvalue weighted by atomic mass is 9.93. The third-order valence-corrected chi connectivity index (χ3v) is 5.99. The first-order valence-corrected chi connectivity index (χ1v) is 10.6. The summed E-state index contributed by atoms with van der Waals surface area (Å²) >= 11 is 0. The van der Waals surface area contributed by atoms with Gasteiger partial charge in [-0.15, -0.1) is 0 Å². The first kappa shape index (κ1) is 20.5. The minimum Gasteiger partial charge on any atom is -0.361 e. The maximum absolute atomic E-state index is 13.5. The van der Waals surface area contributed by atoms with E-state index in [1.165, 1.54) is 12.1 Å². The van der Waals surface area contributed by atoms with Crippen LogP contribution in [-0.4, -0.2) is 48.6 Å². The smallest absolute Gasteiger partial charge is 0.261 e. The molecule has 1 unspecified atom stereocenters. The van der Waals surface area contributed by atoms with Gasteiger partial charge in [0, 0.05) is 25.2 Å². The monoisotopic (exact) mass is 410 g/mol. The van der Waals surface area contributed by atoms with Crippen LogP contribution in [0.4, 0.5) is 10.1 Å². The van der Waals surface area contributed by atoms with Gasteiger partial charge in [0.25, 0.3) is 5.91 Å². The van der Waals surface area contributed by atoms with Crippen LogP contribution in [0.5, 0.6) is 0 Å². The molecule has 2 fully saturated rings. The first-order valence-electron chi connectivity index (χ1n) is 10.6. The second kappa shape index (κ2) is 8.96. The van der Waals surface area contributed by atoms with Crippen LogP contribution in [0.3, 0.4) is 0 Å². The minimum absolute atomic E-state index is 0.00491. The van der Waals surface area contributed by atoms with Crippen LogP contribution >= 0.6 is 0 Å². The van der Waals surface area contributed by atoms with Crippen LogP contribution in [0.25, 0.3) is 0 Å². The van der Waals surface area contributed by atoms with Crippen LogP contribution in [0, 0.1) is 5.82 Å². The molecule has 2 aliphatic heterocycles. The van der Waals surface area contributed by atoms with Crippen molar-refractivity contribution in [2.24, 2.45) is 0 Å². The van der Waals surface area contributed by atoms with Crippen molar-refractivity contribution in [3.8, 4) is 0 Å². The normalized spacial score (nSPS) is 22.2. The summed E-state index contributed by atoms with van der Waals surface area (Å²) < 4.78 is 19.2. The van der Waals surface area contributed by atoms with E-state index in [0.29, 0.717) is 39.0 Å². The zero-order valence-corrected chi connectivity index (χ0v) is 17.1. The van der Waals surface area contributed by atoms with E-state index in [1.54, 1.807) is 21.9 Å². The van der Waals surface area contributed by atoms with Crippen molar-refractivity contribution in [3.05, 3.63) is 66.0 Å². The molecule has 5 nitrogen and oxygen atoms in total. The molecule has 30 heavy (non-hydrogen) atoms. The number of carbonyl (C=O) groups is 2. The third-order valence-electron chi connectivity index (χ3n) is 5.99. The lowest BCUT2D eigenvalue weighted by Crippen LogP contribution is -2.61. The van der Waals surface area contributed by atoms with E-state index in [1.807, 2.05) is 30.3 Å². The number of anilines is 1. The SMILES string of the molecule is O=C(CCc1ccc(F)cc1)N1CCOC2(CCCCN(c3ccccc3)C2=O)C1. The first-order chi connectivity index (χ1) is 14.6. The third kappa shape index (κ3) is 4.38. The summed E-state index contributed by atoms with van der Waals surface area (Å²) in [6, 6.07) is 15.9. The highest BCUT2D eigenvalue weighted by Gasteiger charge is 2.48. The Bertz CT molecular complexity index is 887. The molecule has 2 amide bonds. The van der Waals surface area contributed by atoms with E-state index < -0.39 is 5.60 Å². The van der Waals surface area contributed by atoms with E-state index in [9.17, 15) is 14.0 Å². The molecule has 2 saturated heterocycles. The Labute approximate surface area is 176 Å². The number of amides is 2. The minimum atomic E-state index is -0.976. The molecule has 0 N–H and O–H groups in total.